The number of fused-ring (bicyclic) bond motifs is 1. The van der Waals surface area contributed by atoms with Gasteiger partial charge in [0.1, 0.15) is 30.3 Å². The maximum Gasteiger partial charge on any atom is 0.263 e. The van der Waals surface area contributed by atoms with Crippen LogP contribution in [-0.2, 0) is 6.42 Å². The van der Waals surface area contributed by atoms with Gasteiger partial charge in [-0.05, 0) is 70.2 Å². The van der Waals surface area contributed by atoms with Crippen molar-refractivity contribution in [2.45, 2.75) is 18.9 Å². The largest absolute Gasteiger partial charge is 0.491 e. The summed E-state index contributed by atoms with van der Waals surface area (Å²) in [6.45, 7) is 0.477. The van der Waals surface area contributed by atoms with Crippen molar-refractivity contribution in [1.82, 2.24) is 4.57 Å². The van der Waals surface area contributed by atoms with Gasteiger partial charge in [-0.25, -0.2) is 0 Å². The molecule has 3 aromatic rings. The lowest BCUT2D eigenvalue weighted by atomic mass is 10.1. The number of ether oxygens (including phenoxy) is 2. The number of amides is 1. The monoisotopic (exact) mass is 546 g/mol. The molecule has 1 amide bonds. The fourth-order valence-corrected chi connectivity index (χ4v) is 4.58. The van der Waals surface area contributed by atoms with Crippen LogP contribution in [0.3, 0.4) is 0 Å². The maximum atomic E-state index is 13.3. The van der Waals surface area contributed by atoms with Crippen LogP contribution in [0.15, 0.2) is 64.0 Å². The van der Waals surface area contributed by atoms with E-state index in [0.717, 1.165) is 27.8 Å². The molecule has 0 saturated carbocycles. The SMILES string of the molecule is O=C(Nc1ccc(Br)c(OCCCl)c1)c1cccn(C2CCc3c(OCCO)cccc32)c1=O. The lowest BCUT2D eigenvalue weighted by Gasteiger charge is -2.17. The summed E-state index contributed by atoms with van der Waals surface area (Å²) in [4.78, 5) is 26.3. The number of nitrogens with zero attached hydrogens (tertiary/aromatic N) is 1. The molecular weight excluding hydrogens is 524 g/mol. The summed E-state index contributed by atoms with van der Waals surface area (Å²) in [5.41, 5.74) is 2.21. The van der Waals surface area contributed by atoms with Gasteiger partial charge in [0.2, 0.25) is 0 Å². The number of aliphatic hydroxyl groups excluding tert-OH is 1. The number of anilines is 1. The van der Waals surface area contributed by atoms with Gasteiger partial charge >= 0.3 is 0 Å². The predicted octanol–water partition coefficient (Wildman–Crippen LogP) is 4.39. The number of alkyl halides is 1. The van der Waals surface area contributed by atoms with Gasteiger partial charge in [0.25, 0.3) is 11.5 Å². The molecule has 1 heterocycles. The van der Waals surface area contributed by atoms with Gasteiger partial charge in [0, 0.05) is 18.0 Å². The first-order chi connectivity index (χ1) is 16.5. The van der Waals surface area contributed by atoms with Crippen LogP contribution in [0.1, 0.15) is 33.9 Å². The summed E-state index contributed by atoms with van der Waals surface area (Å²) in [6, 6.07) is 13.9. The number of hydrogen-bond acceptors (Lipinski definition) is 5. The van der Waals surface area contributed by atoms with Crippen LogP contribution in [0.4, 0.5) is 5.69 Å². The normalized spacial score (nSPS) is 14.5. The van der Waals surface area contributed by atoms with Crippen molar-refractivity contribution in [2.24, 2.45) is 0 Å². The summed E-state index contributed by atoms with van der Waals surface area (Å²) >= 11 is 9.10. The molecule has 1 unspecified atom stereocenters. The minimum atomic E-state index is -0.497. The molecule has 1 atom stereocenters. The van der Waals surface area contributed by atoms with E-state index in [2.05, 4.69) is 21.2 Å². The molecule has 7 nitrogen and oxygen atoms in total. The van der Waals surface area contributed by atoms with Gasteiger partial charge in [0.05, 0.1) is 23.0 Å². The number of carbonyl (C=O) groups is 1. The molecule has 0 saturated heterocycles. The van der Waals surface area contributed by atoms with E-state index in [9.17, 15) is 9.59 Å². The standard InChI is InChI=1S/C25H24BrClN2O5/c26-20-8-6-16(15-23(20)33-13-10-27)28-24(31)19-4-2-11-29(25(19)32)21-9-7-18-17(21)3-1-5-22(18)34-14-12-30/h1-6,8,11,15,21,30H,7,9-10,12-14H2,(H,28,31). The number of rotatable bonds is 9. The average molecular weight is 548 g/mol. The second-order valence-corrected chi connectivity index (χ2v) is 8.95. The Morgan fingerprint density at radius 3 is 2.76 bits per heavy atom. The molecule has 0 radical (unpaired) electrons. The number of halogens is 2. The molecule has 0 spiro atoms. The predicted molar refractivity (Wildman–Crippen MR) is 134 cm³/mol. The molecule has 2 N–H and O–H groups in total. The third-order valence-corrected chi connectivity index (χ3v) is 6.43. The molecule has 0 aliphatic heterocycles. The zero-order valence-electron chi connectivity index (χ0n) is 18.3. The number of carbonyl (C=O) groups excluding carboxylic acids is 1. The van der Waals surface area contributed by atoms with E-state index in [-0.39, 0.29) is 30.4 Å². The van der Waals surface area contributed by atoms with Crippen LogP contribution >= 0.6 is 27.5 Å². The molecule has 1 aliphatic rings. The zero-order valence-corrected chi connectivity index (χ0v) is 20.6. The van der Waals surface area contributed by atoms with Crippen molar-refractivity contribution >= 4 is 39.1 Å². The van der Waals surface area contributed by atoms with E-state index in [1.165, 1.54) is 6.07 Å². The third kappa shape index (κ3) is 5.14. The highest BCUT2D eigenvalue weighted by Crippen LogP contribution is 2.38. The van der Waals surface area contributed by atoms with Gasteiger partial charge in [-0.15, -0.1) is 11.6 Å². The Kier molecular flexibility index (Phi) is 7.92. The molecule has 4 rings (SSSR count). The molecule has 1 aromatic heterocycles. The number of hydrogen-bond donors (Lipinski definition) is 2. The highest BCUT2D eigenvalue weighted by molar-refractivity contribution is 9.10. The second-order valence-electron chi connectivity index (χ2n) is 7.72. The molecule has 0 bridgehead atoms. The van der Waals surface area contributed by atoms with E-state index < -0.39 is 5.91 Å². The van der Waals surface area contributed by atoms with E-state index in [4.69, 9.17) is 26.2 Å². The van der Waals surface area contributed by atoms with Crippen molar-refractivity contribution in [3.05, 3.63) is 86.2 Å². The number of aliphatic hydroxyl groups is 1. The minimum absolute atomic E-state index is 0.0507. The smallest absolute Gasteiger partial charge is 0.263 e. The fourth-order valence-electron chi connectivity index (χ4n) is 4.15. The molecule has 1 aliphatic carbocycles. The van der Waals surface area contributed by atoms with Crippen LogP contribution in [-0.4, -0.2) is 41.3 Å². The summed E-state index contributed by atoms with van der Waals surface area (Å²) in [7, 11) is 0. The van der Waals surface area contributed by atoms with E-state index >= 15 is 0 Å². The zero-order chi connectivity index (χ0) is 24.1. The van der Waals surface area contributed by atoms with Crippen LogP contribution in [0, 0.1) is 0 Å². The Morgan fingerprint density at radius 2 is 1.97 bits per heavy atom. The first-order valence-corrected chi connectivity index (χ1v) is 12.2. The van der Waals surface area contributed by atoms with Gasteiger partial charge in [-0.2, -0.15) is 0 Å². The topological polar surface area (TPSA) is 89.8 Å². The summed E-state index contributed by atoms with van der Waals surface area (Å²) < 4.78 is 13.6. The van der Waals surface area contributed by atoms with Crippen LogP contribution in [0.5, 0.6) is 11.5 Å². The summed E-state index contributed by atoms with van der Waals surface area (Å²) in [5, 5.41) is 11.9. The van der Waals surface area contributed by atoms with E-state index in [1.807, 2.05) is 18.2 Å². The first-order valence-electron chi connectivity index (χ1n) is 10.9. The van der Waals surface area contributed by atoms with Crippen LogP contribution in [0.25, 0.3) is 0 Å². The minimum Gasteiger partial charge on any atom is -0.491 e. The Hall–Kier alpha value is -2.81. The van der Waals surface area contributed by atoms with Gasteiger partial charge in [0.15, 0.2) is 0 Å². The maximum absolute atomic E-state index is 13.3. The molecular formula is C25H24BrClN2O5. The average Bonchev–Trinajstić information content (AvgIpc) is 3.27. The number of pyridine rings is 1. The summed E-state index contributed by atoms with van der Waals surface area (Å²) in [5.74, 6) is 1.11. The highest BCUT2D eigenvalue weighted by Gasteiger charge is 2.28. The Labute approximate surface area is 210 Å². The first kappa shape index (κ1) is 24.3. The van der Waals surface area contributed by atoms with Crippen LogP contribution < -0.4 is 20.3 Å². The van der Waals surface area contributed by atoms with Crippen LogP contribution in [0.2, 0.25) is 0 Å². The van der Waals surface area contributed by atoms with Gasteiger partial charge in [-0.1, -0.05) is 12.1 Å². The molecule has 178 valence electrons. The Bertz CT molecular complexity index is 1250. The van der Waals surface area contributed by atoms with Gasteiger partial charge < -0.3 is 24.5 Å². The third-order valence-electron chi connectivity index (χ3n) is 5.62. The molecule has 9 heteroatoms. The van der Waals surface area contributed by atoms with Crippen molar-refractivity contribution < 1.29 is 19.4 Å². The second kappa shape index (κ2) is 11.1. The lowest BCUT2D eigenvalue weighted by molar-refractivity contribution is 0.102. The Morgan fingerprint density at radius 1 is 1.15 bits per heavy atom. The van der Waals surface area contributed by atoms with Crippen molar-refractivity contribution in [3.8, 4) is 11.5 Å². The highest BCUT2D eigenvalue weighted by atomic mass is 79.9. The lowest BCUT2D eigenvalue weighted by Crippen LogP contribution is -2.31. The fraction of sp³-hybridized carbons (Fsp3) is 0.280. The quantitative estimate of drug-likeness (QED) is 0.388. The number of benzene rings is 2. The molecule has 0 fully saturated rings. The van der Waals surface area contributed by atoms with Gasteiger partial charge in [-0.3, -0.25) is 9.59 Å². The van der Waals surface area contributed by atoms with Crippen molar-refractivity contribution in [2.75, 3.05) is 31.0 Å². The van der Waals surface area contributed by atoms with Crippen molar-refractivity contribution in [1.29, 1.82) is 0 Å². The van der Waals surface area contributed by atoms with E-state index in [0.29, 0.717) is 30.3 Å². The van der Waals surface area contributed by atoms with Crippen molar-refractivity contribution in [3.63, 3.8) is 0 Å². The Balaban J connectivity index is 1.58. The molecule has 2 aromatic carbocycles. The summed E-state index contributed by atoms with van der Waals surface area (Å²) in [6.07, 6.45) is 3.17. The molecule has 34 heavy (non-hydrogen) atoms. The number of aromatic nitrogens is 1. The number of nitrogens with one attached hydrogen (secondary N) is 1. The van der Waals surface area contributed by atoms with E-state index in [1.54, 1.807) is 35.0 Å².